The number of nitrogens with zero attached hydrogens (tertiary/aromatic N) is 2. The summed E-state index contributed by atoms with van der Waals surface area (Å²) in [6, 6.07) is 11.6. The summed E-state index contributed by atoms with van der Waals surface area (Å²) >= 11 is 0. The van der Waals surface area contributed by atoms with Gasteiger partial charge in [-0.15, -0.1) is 0 Å². The molecule has 1 aliphatic rings. The van der Waals surface area contributed by atoms with Crippen LogP contribution in [-0.4, -0.2) is 33.3 Å². The summed E-state index contributed by atoms with van der Waals surface area (Å²) in [4.78, 5) is 2.36. The van der Waals surface area contributed by atoms with Crippen LogP contribution in [0, 0.1) is 5.82 Å². The Balaban J connectivity index is 1.71. The maximum atomic E-state index is 13.9. The number of hydrogen-bond donors (Lipinski definition) is 1. The molecule has 4 heteroatoms. The molecular weight excluding hydrogens is 291 g/mol. The Bertz CT molecular complexity index is 636. The van der Waals surface area contributed by atoms with Crippen LogP contribution in [0.25, 0.3) is 0 Å². The van der Waals surface area contributed by atoms with Gasteiger partial charge in [0.05, 0.1) is 12.6 Å². The van der Waals surface area contributed by atoms with Crippen LogP contribution in [0.1, 0.15) is 37.4 Å². The number of hydrogen-bond acceptors (Lipinski definition) is 2. The second-order valence-corrected chi connectivity index (χ2v) is 6.44. The molecule has 0 saturated heterocycles. The van der Waals surface area contributed by atoms with E-state index in [-0.39, 0.29) is 11.9 Å². The average molecular weight is 316 g/mol. The minimum absolute atomic E-state index is 0.160. The zero-order chi connectivity index (χ0) is 16.2. The van der Waals surface area contributed by atoms with Crippen LogP contribution in [0.4, 0.5) is 4.39 Å². The maximum absolute atomic E-state index is 13.9. The molecule has 1 atom stereocenters. The van der Waals surface area contributed by atoms with E-state index >= 15 is 0 Å². The fraction of sp³-hybridized carbons (Fsp3) is 0.474. The Kier molecular flexibility index (Phi) is 5.13. The Morgan fingerprint density at radius 1 is 1.26 bits per heavy atom. The predicted molar refractivity (Wildman–Crippen MR) is 89.7 cm³/mol. The number of aliphatic hydroxyl groups excluding tert-OH is 1. The smallest absolute Gasteiger partial charge is 0.128 e. The van der Waals surface area contributed by atoms with E-state index in [0.29, 0.717) is 24.7 Å². The molecular formula is C19H25FN2O. The summed E-state index contributed by atoms with van der Waals surface area (Å²) in [5.41, 5.74) is 1.87. The van der Waals surface area contributed by atoms with E-state index in [1.807, 2.05) is 31.3 Å². The van der Waals surface area contributed by atoms with Crippen molar-refractivity contribution in [1.82, 2.24) is 9.47 Å². The molecule has 3 rings (SSSR count). The van der Waals surface area contributed by atoms with Gasteiger partial charge in [0, 0.05) is 36.6 Å². The van der Waals surface area contributed by atoms with Crippen molar-refractivity contribution in [2.75, 3.05) is 6.54 Å². The molecule has 0 spiro atoms. The molecule has 0 radical (unpaired) electrons. The molecule has 1 heterocycles. The van der Waals surface area contributed by atoms with Crippen molar-refractivity contribution >= 4 is 0 Å². The molecule has 1 aromatic heterocycles. The number of halogens is 1. The Hall–Kier alpha value is -1.65. The van der Waals surface area contributed by atoms with Gasteiger partial charge in [-0.2, -0.15) is 0 Å². The van der Waals surface area contributed by atoms with Crippen LogP contribution in [0.5, 0.6) is 0 Å². The number of rotatable bonds is 8. The summed E-state index contributed by atoms with van der Waals surface area (Å²) < 4.78 is 16.0. The lowest BCUT2D eigenvalue weighted by Crippen LogP contribution is -2.34. The molecule has 1 aromatic carbocycles. The van der Waals surface area contributed by atoms with E-state index in [0.717, 1.165) is 13.0 Å². The van der Waals surface area contributed by atoms with Crippen molar-refractivity contribution in [3.63, 3.8) is 0 Å². The van der Waals surface area contributed by atoms with Gasteiger partial charge in [0.15, 0.2) is 0 Å². The summed E-state index contributed by atoms with van der Waals surface area (Å²) in [7, 11) is 0. The van der Waals surface area contributed by atoms with Crippen molar-refractivity contribution in [3.8, 4) is 0 Å². The first kappa shape index (κ1) is 16.2. The Morgan fingerprint density at radius 2 is 2.04 bits per heavy atom. The maximum Gasteiger partial charge on any atom is 0.128 e. The first-order valence-corrected chi connectivity index (χ1v) is 8.47. The molecule has 0 amide bonds. The SMILES string of the molecule is CCC(O)CN(Cc1cccn1Cc1ccccc1F)C1CC1. The van der Waals surface area contributed by atoms with Gasteiger partial charge in [-0.1, -0.05) is 25.1 Å². The molecule has 1 saturated carbocycles. The lowest BCUT2D eigenvalue weighted by Gasteiger charge is -2.25. The van der Waals surface area contributed by atoms with Crippen molar-refractivity contribution in [1.29, 1.82) is 0 Å². The minimum atomic E-state index is -0.273. The Morgan fingerprint density at radius 3 is 2.74 bits per heavy atom. The average Bonchev–Trinajstić information content (AvgIpc) is 3.31. The van der Waals surface area contributed by atoms with E-state index in [1.165, 1.54) is 24.6 Å². The third-order valence-corrected chi connectivity index (χ3v) is 4.57. The highest BCUT2D eigenvalue weighted by atomic mass is 19.1. The van der Waals surface area contributed by atoms with Crippen LogP contribution in [0.15, 0.2) is 42.6 Å². The number of benzene rings is 1. The predicted octanol–water partition coefficient (Wildman–Crippen LogP) is 3.41. The highest BCUT2D eigenvalue weighted by molar-refractivity contribution is 5.19. The van der Waals surface area contributed by atoms with Crippen LogP contribution in [-0.2, 0) is 13.1 Å². The topological polar surface area (TPSA) is 28.4 Å². The molecule has 1 unspecified atom stereocenters. The molecule has 124 valence electrons. The standard InChI is InChI=1S/C19H25FN2O/c1-2-18(23)14-22(16-9-10-16)13-17-7-5-11-21(17)12-15-6-3-4-8-19(15)20/h3-8,11,16,18,23H,2,9-10,12-14H2,1H3. The van der Waals surface area contributed by atoms with Gasteiger partial charge >= 0.3 is 0 Å². The third kappa shape index (κ3) is 4.21. The van der Waals surface area contributed by atoms with Crippen LogP contribution < -0.4 is 0 Å². The first-order chi connectivity index (χ1) is 11.2. The third-order valence-electron chi connectivity index (χ3n) is 4.57. The van der Waals surface area contributed by atoms with Crippen molar-refractivity contribution in [2.24, 2.45) is 0 Å². The monoisotopic (exact) mass is 316 g/mol. The second-order valence-electron chi connectivity index (χ2n) is 6.44. The molecule has 23 heavy (non-hydrogen) atoms. The molecule has 0 aliphatic heterocycles. The van der Waals surface area contributed by atoms with Gasteiger partial charge in [0.25, 0.3) is 0 Å². The van der Waals surface area contributed by atoms with Gasteiger partial charge in [-0.3, -0.25) is 4.90 Å². The summed E-state index contributed by atoms with van der Waals surface area (Å²) in [5, 5.41) is 9.98. The second kappa shape index (κ2) is 7.28. The van der Waals surface area contributed by atoms with E-state index in [2.05, 4.69) is 15.5 Å². The van der Waals surface area contributed by atoms with Gasteiger partial charge in [0.2, 0.25) is 0 Å². The van der Waals surface area contributed by atoms with Crippen LogP contribution >= 0.6 is 0 Å². The molecule has 2 aromatic rings. The fourth-order valence-electron chi connectivity index (χ4n) is 2.95. The highest BCUT2D eigenvalue weighted by Gasteiger charge is 2.30. The number of aromatic nitrogens is 1. The molecule has 1 fully saturated rings. The van der Waals surface area contributed by atoms with Gasteiger partial charge in [-0.25, -0.2) is 4.39 Å². The normalized spacial score (nSPS) is 16.0. The lowest BCUT2D eigenvalue weighted by molar-refractivity contribution is 0.0997. The van der Waals surface area contributed by atoms with E-state index < -0.39 is 0 Å². The summed E-state index contributed by atoms with van der Waals surface area (Å²) in [6.45, 7) is 4.08. The van der Waals surface area contributed by atoms with Crippen molar-refractivity contribution in [3.05, 3.63) is 59.7 Å². The number of aliphatic hydroxyl groups is 1. The quantitative estimate of drug-likeness (QED) is 0.808. The fourth-order valence-corrected chi connectivity index (χ4v) is 2.95. The van der Waals surface area contributed by atoms with Gasteiger partial charge < -0.3 is 9.67 Å². The highest BCUT2D eigenvalue weighted by Crippen LogP contribution is 2.29. The van der Waals surface area contributed by atoms with Crippen LogP contribution in [0.2, 0.25) is 0 Å². The van der Waals surface area contributed by atoms with E-state index in [1.54, 1.807) is 6.07 Å². The van der Waals surface area contributed by atoms with Gasteiger partial charge in [0.1, 0.15) is 5.82 Å². The van der Waals surface area contributed by atoms with Crippen LogP contribution in [0.3, 0.4) is 0 Å². The van der Waals surface area contributed by atoms with Gasteiger partial charge in [-0.05, 0) is 37.5 Å². The van der Waals surface area contributed by atoms with E-state index in [9.17, 15) is 9.50 Å². The zero-order valence-corrected chi connectivity index (χ0v) is 13.7. The zero-order valence-electron chi connectivity index (χ0n) is 13.7. The Labute approximate surface area is 137 Å². The summed E-state index contributed by atoms with van der Waals surface area (Å²) in [6.07, 6.45) is 4.93. The summed E-state index contributed by atoms with van der Waals surface area (Å²) in [5.74, 6) is -0.160. The molecule has 1 N–H and O–H groups in total. The largest absolute Gasteiger partial charge is 0.392 e. The van der Waals surface area contributed by atoms with Crippen molar-refractivity contribution in [2.45, 2.75) is 51.4 Å². The lowest BCUT2D eigenvalue weighted by atomic mass is 10.2. The molecule has 1 aliphatic carbocycles. The first-order valence-electron chi connectivity index (χ1n) is 8.47. The molecule has 0 bridgehead atoms. The van der Waals surface area contributed by atoms with E-state index in [4.69, 9.17) is 0 Å². The van der Waals surface area contributed by atoms with Crippen molar-refractivity contribution < 1.29 is 9.50 Å². The minimum Gasteiger partial charge on any atom is -0.392 e. The molecule has 3 nitrogen and oxygen atoms in total.